The van der Waals surface area contributed by atoms with Gasteiger partial charge in [-0.1, -0.05) is 48.0 Å². The molecule has 0 radical (unpaired) electrons. The first-order valence-electron chi connectivity index (χ1n) is 7.27. The van der Waals surface area contributed by atoms with Crippen molar-refractivity contribution in [2.45, 2.75) is 10.9 Å². The highest BCUT2D eigenvalue weighted by molar-refractivity contribution is 7.89. The van der Waals surface area contributed by atoms with Gasteiger partial charge in [-0.2, -0.15) is 4.72 Å². The number of aromatic nitrogens is 2. The highest BCUT2D eigenvalue weighted by atomic mass is 35.5. The van der Waals surface area contributed by atoms with Gasteiger partial charge in [0.25, 0.3) is 0 Å². The van der Waals surface area contributed by atoms with Gasteiger partial charge >= 0.3 is 0 Å². The fourth-order valence-corrected chi connectivity index (χ4v) is 3.91. The van der Waals surface area contributed by atoms with Gasteiger partial charge in [-0.3, -0.25) is 0 Å². The van der Waals surface area contributed by atoms with E-state index in [1.165, 1.54) is 12.1 Å². The molecule has 7 heteroatoms. The van der Waals surface area contributed by atoms with E-state index in [9.17, 15) is 8.42 Å². The quantitative estimate of drug-likeness (QED) is 0.759. The molecule has 0 aliphatic rings. The molecule has 0 bridgehead atoms. The molecular weight excluding hydrogens is 346 g/mol. The summed E-state index contributed by atoms with van der Waals surface area (Å²) in [5, 5.41) is 0.367. The molecule has 24 heavy (non-hydrogen) atoms. The molecule has 1 N–H and O–H groups in total. The second kappa shape index (κ2) is 6.76. The summed E-state index contributed by atoms with van der Waals surface area (Å²) in [6, 6.07) is 14.9. The third-order valence-corrected chi connectivity index (χ3v) is 5.28. The van der Waals surface area contributed by atoms with Gasteiger partial charge in [-0.15, -0.1) is 0 Å². The molecule has 0 amide bonds. The number of hydrogen-bond acceptors (Lipinski definition) is 3. The van der Waals surface area contributed by atoms with Crippen LogP contribution in [0.15, 0.2) is 71.9 Å². The molecule has 0 fully saturated rings. The number of sulfonamides is 1. The number of imidazole rings is 1. The number of aryl methyl sites for hydroxylation is 1. The summed E-state index contributed by atoms with van der Waals surface area (Å²) in [6.45, 7) is 0. The Kier molecular flexibility index (Phi) is 4.71. The van der Waals surface area contributed by atoms with E-state index in [1.807, 2.05) is 37.4 Å². The molecule has 3 rings (SSSR count). The highest BCUT2D eigenvalue weighted by Crippen LogP contribution is 2.24. The monoisotopic (exact) mass is 361 g/mol. The van der Waals surface area contributed by atoms with Crippen LogP contribution in [0, 0.1) is 0 Å². The maximum atomic E-state index is 12.8. The van der Waals surface area contributed by atoms with Crippen molar-refractivity contribution < 1.29 is 8.42 Å². The summed E-state index contributed by atoms with van der Waals surface area (Å²) in [6.07, 6.45) is 3.41. The van der Waals surface area contributed by atoms with Gasteiger partial charge in [-0.05, 0) is 23.8 Å². The number of halogens is 1. The zero-order valence-electron chi connectivity index (χ0n) is 12.9. The van der Waals surface area contributed by atoms with Crippen molar-refractivity contribution in [1.29, 1.82) is 0 Å². The first kappa shape index (κ1) is 16.7. The van der Waals surface area contributed by atoms with Crippen LogP contribution in [-0.4, -0.2) is 18.0 Å². The van der Waals surface area contributed by atoms with Crippen molar-refractivity contribution in [2.24, 2.45) is 7.05 Å². The van der Waals surface area contributed by atoms with Gasteiger partial charge in [0.1, 0.15) is 11.9 Å². The fourth-order valence-electron chi connectivity index (χ4n) is 2.43. The molecule has 0 aliphatic carbocycles. The van der Waals surface area contributed by atoms with Gasteiger partial charge in [0, 0.05) is 24.5 Å². The maximum absolute atomic E-state index is 12.8. The van der Waals surface area contributed by atoms with Gasteiger partial charge in [0.05, 0.1) is 4.90 Å². The summed E-state index contributed by atoms with van der Waals surface area (Å²) < 4.78 is 30.1. The molecule has 1 heterocycles. The van der Waals surface area contributed by atoms with E-state index in [-0.39, 0.29) is 4.90 Å². The Balaban J connectivity index is 2.03. The molecule has 5 nitrogen and oxygen atoms in total. The van der Waals surface area contributed by atoms with Crippen molar-refractivity contribution in [3.05, 3.63) is 83.4 Å². The molecule has 124 valence electrons. The summed E-state index contributed by atoms with van der Waals surface area (Å²) >= 11 is 5.92. The average Bonchev–Trinajstić information content (AvgIpc) is 2.99. The number of nitrogens with zero attached hydrogens (tertiary/aromatic N) is 2. The van der Waals surface area contributed by atoms with Crippen molar-refractivity contribution in [3.63, 3.8) is 0 Å². The molecule has 0 saturated heterocycles. The Hall–Kier alpha value is -2.15. The Morgan fingerprint density at radius 3 is 2.50 bits per heavy atom. The number of nitrogens with one attached hydrogen (secondary N) is 1. The molecule has 0 saturated carbocycles. The van der Waals surface area contributed by atoms with Gasteiger partial charge < -0.3 is 4.57 Å². The van der Waals surface area contributed by atoms with Crippen molar-refractivity contribution in [2.75, 3.05) is 0 Å². The van der Waals surface area contributed by atoms with E-state index in [2.05, 4.69) is 9.71 Å². The topological polar surface area (TPSA) is 64.0 Å². The SMILES string of the molecule is Cn1ccnc1[C@H](NS(=O)(=O)c1cccc(Cl)c1)c1ccccc1. The Bertz CT molecular complexity index is 939. The lowest BCUT2D eigenvalue weighted by Crippen LogP contribution is -2.31. The zero-order valence-corrected chi connectivity index (χ0v) is 14.5. The van der Waals surface area contributed by atoms with Crippen LogP contribution >= 0.6 is 11.6 Å². The van der Waals surface area contributed by atoms with Crippen molar-refractivity contribution in [3.8, 4) is 0 Å². The first-order chi connectivity index (χ1) is 11.5. The van der Waals surface area contributed by atoms with Crippen LogP contribution in [0.1, 0.15) is 17.4 Å². The average molecular weight is 362 g/mol. The number of rotatable bonds is 5. The number of benzene rings is 2. The minimum Gasteiger partial charge on any atom is -0.336 e. The minimum atomic E-state index is -3.76. The van der Waals surface area contributed by atoms with E-state index < -0.39 is 16.1 Å². The molecule has 0 spiro atoms. The fraction of sp³-hybridized carbons (Fsp3) is 0.118. The lowest BCUT2D eigenvalue weighted by Gasteiger charge is -2.19. The Morgan fingerprint density at radius 2 is 1.88 bits per heavy atom. The van der Waals surface area contributed by atoms with Crippen LogP contribution in [0.2, 0.25) is 5.02 Å². The van der Waals surface area contributed by atoms with E-state index in [0.29, 0.717) is 10.8 Å². The predicted octanol–water partition coefficient (Wildman–Crippen LogP) is 3.14. The van der Waals surface area contributed by atoms with Gasteiger partial charge in [-0.25, -0.2) is 13.4 Å². The first-order valence-corrected chi connectivity index (χ1v) is 9.13. The Labute approximate surface area is 146 Å². The molecule has 2 aromatic carbocycles. The lowest BCUT2D eigenvalue weighted by molar-refractivity contribution is 0.563. The van der Waals surface area contributed by atoms with Crippen molar-refractivity contribution >= 4 is 21.6 Å². The highest BCUT2D eigenvalue weighted by Gasteiger charge is 2.25. The predicted molar refractivity (Wildman–Crippen MR) is 93.3 cm³/mol. The van der Waals surface area contributed by atoms with Gasteiger partial charge in [0.15, 0.2) is 0 Å². The van der Waals surface area contributed by atoms with E-state index in [4.69, 9.17) is 11.6 Å². The summed E-state index contributed by atoms with van der Waals surface area (Å²) in [7, 11) is -1.94. The van der Waals surface area contributed by atoms with Crippen LogP contribution in [0.3, 0.4) is 0 Å². The largest absolute Gasteiger partial charge is 0.336 e. The number of hydrogen-bond donors (Lipinski definition) is 1. The summed E-state index contributed by atoms with van der Waals surface area (Å²) in [5.74, 6) is 0.604. The second-order valence-corrected chi connectivity index (χ2v) is 7.47. The van der Waals surface area contributed by atoms with Crippen LogP contribution in [0.4, 0.5) is 0 Å². The summed E-state index contributed by atoms with van der Waals surface area (Å²) in [5.41, 5.74) is 0.803. The van der Waals surface area contributed by atoms with Crippen molar-refractivity contribution in [1.82, 2.24) is 14.3 Å². The molecule has 1 aromatic heterocycles. The van der Waals surface area contributed by atoms with E-state index in [1.54, 1.807) is 29.1 Å². The molecule has 1 atom stereocenters. The third kappa shape index (κ3) is 3.51. The smallest absolute Gasteiger partial charge is 0.241 e. The molecule has 3 aromatic rings. The second-order valence-electron chi connectivity index (χ2n) is 5.32. The zero-order chi connectivity index (χ0) is 17.2. The van der Waals surface area contributed by atoms with Crippen LogP contribution in [0.25, 0.3) is 0 Å². The van der Waals surface area contributed by atoms with Gasteiger partial charge in [0.2, 0.25) is 10.0 Å². The van der Waals surface area contributed by atoms with Crippen LogP contribution < -0.4 is 4.72 Å². The Morgan fingerprint density at radius 1 is 1.12 bits per heavy atom. The standard InChI is InChI=1S/C17H16ClN3O2S/c1-21-11-10-19-17(21)16(13-6-3-2-4-7-13)20-24(22,23)15-9-5-8-14(18)12-15/h2-12,16,20H,1H3/t16-/m1/s1. The maximum Gasteiger partial charge on any atom is 0.241 e. The van der Waals surface area contributed by atoms with Crippen LogP contribution in [-0.2, 0) is 17.1 Å². The van der Waals surface area contributed by atoms with Crippen LogP contribution in [0.5, 0.6) is 0 Å². The van der Waals surface area contributed by atoms with E-state index in [0.717, 1.165) is 5.56 Å². The lowest BCUT2D eigenvalue weighted by atomic mass is 10.1. The molecular formula is C17H16ClN3O2S. The molecule has 0 unspecified atom stereocenters. The minimum absolute atomic E-state index is 0.116. The normalized spacial score (nSPS) is 12.9. The van der Waals surface area contributed by atoms with E-state index >= 15 is 0 Å². The molecule has 0 aliphatic heterocycles. The summed E-state index contributed by atoms with van der Waals surface area (Å²) in [4.78, 5) is 4.41. The third-order valence-electron chi connectivity index (χ3n) is 3.63.